The third-order valence-electron chi connectivity index (χ3n) is 3.03. The van der Waals surface area contributed by atoms with Gasteiger partial charge in [0.1, 0.15) is 5.82 Å². The van der Waals surface area contributed by atoms with Crippen LogP contribution in [0.25, 0.3) is 10.1 Å². The second-order valence-electron chi connectivity index (χ2n) is 5.55. The largest absolute Gasteiger partial charge is 0.312 e. The third-order valence-corrected chi connectivity index (χ3v) is 4.24. The molecule has 1 nitrogen and oxygen atoms in total. The van der Waals surface area contributed by atoms with Gasteiger partial charge in [-0.1, -0.05) is 39.8 Å². The first-order valence-electron chi connectivity index (χ1n) is 6.36. The van der Waals surface area contributed by atoms with Crippen molar-refractivity contribution in [1.82, 2.24) is 5.32 Å². The van der Waals surface area contributed by atoms with Crippen molar-refractivity contribution in [1.29, 1.82) is 0 Å². The molecule has 0 saturated heterocycles. The fourth-order valence-corrected chi connectivity index (χ4v) is 3.70. The molecule has 1 heterocycles. The molecule has 3 heteroatoms. The Morgan fingerprint density at radius 3 is 2.61 bits per heavy atom. The summed E-state index contributed by atoms with van der Waals surface area (Å²) in [7, 11) is 0. The summed E-state index contributed by atoms with van der Waals surface area (Å²) < 4.78 is 14.7. The molecule has 0 amide bonds. The lowest BCUT2D eigenvalue weighted by Crippen LogP contribution is -2.17. The van der Waals surface area contributed by atoms with E-state index in [0.29, 0.717) is 0 Å². The van der Waals surface area contributed by atoms with Gasteiger partial charge in [0.25, 0.3) is 0 Å². The van der Waals surface area contributed by atoms with Gasteiger partial charge >= 0.3 is 0 Å². The van der Waals surface area contributed by atoms with E-state index < -0.39 is 0 Å². The second kappa shape index (κ2) is 4.98. The average Bonchev–Trinajstić information content (AvgIpc) is 2.66. The Kier molecular flexibility index (Phi) is 3.74. The van der Waals surface area contributed by atoms with Gasteiger partial charge in [-0.25, -0.2) is 4.39 Å². The monoisotopic (exact) mass is 265 g/mol. The van der Waals surface area contributed by atoms with Crippen LogP contribution in [0.5, 0.6) is 0 Å². The molecule has 0 spiro atoms. The highest BCUT2D eigenvalue weighted by atomic mass is 32.1. The zero-order chi connectivity index (χ0) is 13.3. The Labute approximate surface area is 112 Å². The fraction of sp³-hybridized carbons (Fsp3) is 0.467. The molecule has 0 aliphatic rings. The topological polar surface area (TPSA) is 12.0 Å². The fourth-order valence-electron chi connectivity index (χ4n) is 2.32. The van der Waals surface area contributed by atoms with Gasteiger partial charge in [-0.05, 0) is 29.0 Å². The van der Waals surface area contributed by atoms with Crippen molar-refractivity contribution in [2.75, 3.05) is 6.54 Å². The van der Waals surface area contributed by atoms with E-state index in [-0.39, 0.29) is 11.2 Å². The van der Waals surface area contributed by atoms with Gasteiger partial charge in [-0.15, -0.1) is 11.3 Å². The summed E-state index contributed by atoms with van der Waals surface area (Å²) in [5.74, 6) is -0.106. The first-order valence-corrected chi connectivity index (χ1v) is 7.18. The van der Waals surface area contributed by atoms with Crippen LogP contribution in [0.1, 0.15) is 38.1 Å². The van der Waals surface area contributed by atoms with Gasteiger partial charge in [-0.3, -0.25) is 0 Å². The predicted octanol–water partition coefficient (Wildman–Crippen LogP) is 4.45. The lowest BCUT2D eigenvalue weighted by Gasteiger charge is -2.20. The number of benzene rings is 1. The molecule has 0 radical (unpaired) electrons. The van der Waals surface area contributed by atoms with Crippen LogP contribution in [-0.2, 0) is 12.0 Å². The Hall–Kier alpha value is -0.930. The second-order valence-corrected chi connectivity index (χ2v) is 6.65. The summed E-state index contributed by atoms with van der Waals surface area (Å²) in [6.07, 6.45) is 0. The molecule has 0 bridgehead atoms. The van der Waals surface area contributed by atoms with Crippen molar-refractivity contribution in [2.45, 2.75) is 39.7 Å². The lowest BCUT2D eigenvalue weighted by molar-refractivity contribution is 0.585. The molecule has 2 rings (SSSR count). The summed E-state index contributed by atoms with van der Waals surface area (Å²) in [6.45, 7) is 10.4. The van der Waals surface area contributed by atoms with Crippen LogP contribution in [0, 0.1) is 5.82 Å². The van der Waals surface area contributed by atoms with Crippen molar-refractivity contribution in [3.05, 3.63) is 34.5 Å². The maximum Gasteiger partial charge on any atom is 0.141 e. The van der Waals surface area contributed by atoms with Crippen LogP contribution < -0.4 is 5.32 Å². The first-order chi connectivity index (χ1) is 8.45. The number of thiophene rings is 1. The molecule has 18 heavy (non-hydrogen) atoms. The molecule has 1 aromatic heterocycles. The minimum absolute atomic E-state index is 0.0385. The molecule has 0 fully saturated rings. The molecule has 0 unspecified atom stereocenters. The third kappa shape index (κ3) is 2.43. The van der Waals surface area contributed by atoms with Crippen molar-refractivity contribution < 1.29 is 4.39 Å². The molecule has 0 aliphatic carbocycles. The van der Waals surface area contributed by atoms with E-state index in [1.165, 1.54) is 10.4 Å². The maximum atomic E-state index is 13.9. The van der Waals surface area contributed by atoms with E-state index in [1.54, 1.807) is 23.5 Å². The van der Waals surface area contributed by atoms with Crippen LogP contribution >= 0.6 is 11.3 Å². The standard InChI is InChI=1S/C15H20FNS/c1-5-17-9-12-13(15(2,3)4)10-7-6-8-11(16)14(10)18-12/h6-8,17H,5,9H2,1-4H3. The van der Waals surface area contributed by atoms with E-state index in [1.807, 2.05) is 6.07 Å². The SMILES string of the molecule is CCNCc1sc2c(F)cccc2c1C(C)(C)C. The number of nitrogens with one attached hydrogen (secondary N) is 1. The molecular formula is C15H20FNS. The number of fused-ring (bicyclic) bond motifs is 1. The quantitative estimate of drug-likeness (QED) is 0.864. The zero-order valence-electron chi connectivity index (χ0n) is 11.4. The van der Waals surface area contributed by atoms with Crippen molar-refractivity contribution in [2.24, 2.45) is 0 Å². The van der Waals surface area contributed by atoms with Crippen LogP contribution in [0.4, 0.5) is 4.39 Å². The van der Waals surface area contributed by atoms with E-state index in [0.717, 1.165) is 23.2 Å². The van der Waals surface area contributed by atoms with Gasteiger partial charge in [-0.2, -0.15) is 0 Å². The molecule has 0 saturated carbocycles. The van der Waals surface area contributed by atoms with Crippen LogP contribution in [0.2, 0.25) is 0 Å². The first kappa shape index (κ1) is 13.5. The highest BCUT2D eigenvalue weighted by molar-refractivity contribution is 7.19. The Morgan fingerprint density at radius 1 is 1.28 bits per heavy atom. The Morgan fingerprint density at radius 2 is 2.00 bits per heavy atom. The van der Waals surface area contributed by atoms with Crippen molar-refractivity contribution in [3.63, 3.8) is 0 Å². The van der Waals surface area contributed by atoms with Crippen molar-refractivity contribution >= 4 is 21.4 Å². The van der Waals surface area contributed by atoms with Crippen LogP contribution in [0.15, 0.2) is 18.2 Å². The minimum atomic E-state index is -0.106. The number of halogens is 1. The van der Waals surface area contributed by atoms with Crippen LogP contribution in [-0.4, -0.2) is 6.54 Å². The smallest absolute Gasteiger partial charge is 0.141 e. The normalized spacial score (nSPS) is 12.3. The van der Waals surface area contributed by atoms with E-state index in [4.69, 9.17) is 0 Å². The summed E-state index contributed by atoms with van der Waals surface area (Å²) in [5.41, 5.74) is 1.32. The van der Waals surface area contributed by atoms with Crippen molar-refractivity contribution in [3.8, 4) is 0 Å². The summed E-state index contributed by atoms with van der Waals surface area (Å²) in [5, 5.41) is 4.42. The highest BCUT2D eigenvalue weighted by Crippen LogP contribution is 2.40. The molecule has 0 aliphatic heterocycles. The maximum absolute atomic E-state index is 13.9. The van der Waals surface area contributed by atoms with Gasteiger partial charge in [0.15, 0.2) is 0 Å². The predicted molar refractivity (Wildman–Crippen MR) is 77.9 cm³/mol. The van der Waals surface area contributed by atoms with Gasteiger partial charge in [0, 0.05) is 11.4 Å². The van der Waals surface area contributed by atoms with E-state index >= 15 is 0 Å². The zero-order valence-corrected chi connectivity index (χ0v) is 12.2. The van der Waals surface area contributed by atoms with Crippen LogP contribution in [0.3, 0.4) is 0 Å². The lowest BCUT2D eigenvalue weighted by atomic mass is 9.85. The molecular weight excluding hydrogens is 245 g/mol. The van der Waals surface area contributed by atoms with E-state index in [9.17, 15) is 4.39 Å². The van der Waals surface area contributed by atoms with Gasteiger partial charge < -0.3 is 5.32 Å². The molecule has 2 aromatic rings. The number of hydrogen-bond acceptors (Lipinski definition) is 2. The molecule has 1 N–H and O–H groups in total. The molecule has 0 atom stereocenters. The van der Waals surface area contributed by atoms with E-state index in [2.05, 4.69) is 33.0 Å². The Bertz CT molecular complexity index is 551. The Balaban J connectivity index is 2.65. The summed E-state index contributed by atoms with van der Waals surface area (Å²) in [4.78, 5) is 1.25. The van der Waals surface area contributed by atoms with Gasteiger partial charge in [0.05, 0.1) is 4.70 Å². The number of hydrogen-bond donors (Lipinski definition) is 1. The summed E-state index contributed by atoms with van der Waals surface area (Å²) in [6, 6.07) is 5.38. The number of rotatable bonds is 3. The molecule has 1 aromatic carbocycles. The average molecular weight is 265 g/mol. The highest BCUT2D eigenvalue weighted by Gasteiger charge is 2.24. The van der Waals surface area contributed by atoms with Gasteiger partial charge in [0.2, 0.25) is 0 Å². The molecule has 98 valence electrons. The summed E-state index contributed by atoms with van der Waals surface area (Å²) >= 11 is 1.58. The minimum Gasteiger partial charge on any atom is -0.312 e.